The highest BCUT2D eigenvalue weighted by molar-refractivity contribution is 6.39. The zero-order valence-corrected chi connectivity index (χ0v) is 16.0. The van der Waals surface area contributed by atoms with Gasteiger partial charge in [0.05, 0.1) is 21.7 Å². The molecule has 140 valence electrons. The number of para-hydroxylation sites is 1. The number of ether oxygens (including phenoxy) is 1. The molecule has 2 aliphatic rings. The van der Waals surface area contributed by atoms with E-state index in [9.17, 15) is 14.4 Å². The van der Waals surface area contributed by atoms with Gasteiger partial charge in [0.2, 0.25) is 0 Å². The van der Waals surface area contributed by atoms with Crippen molar-refractivity contribution in [3.05, 3.63) is 28.2 Å². The summed E-state index contributed by atoms with van der Waals surface area (Å²) in [6.07, 6.45) is 2.81. The average molecular weight is 398 g/mol. The number of Topliss-reactive ketones (excluding diaryl/α,β-unsaturated/α-hetero) is 1. The van der Waals surface area contributed by atoms with Gasteiger partial charge in [-0.1, -0.05) is 35.7 Å². The summed E-state index contributed by atoms with van der Waals surface area (Å²) in [6, 6.07) is 4.89. The molecular formula is C19H21Cl2NO4. The van der Waals surface area contributed by atoms with E-state index in [2.05, 4.69) is 5.32 Å². The van der Waals surface area contributed by atoms with E-state index in [1.165, 1.54) is 6.92 Å². The van der Waals surface area contributed by atoms with Crippen LogP contribution in [0.2, 0.25) is 10.0 Å². The maximum atomic E-state index is 12.5. The molecule has 7 heteroatoms. The van der Waals surface area contributed by atoms with Crippen LogP contribution in [0.1, 0.15) is 39.0 Å². The molecule has 0 saturated heterocycles. The van der Waals surface area contributed by atoms with Gasteiger partial charge in [-0.3, -0.25) is 14.4 Å². The molecule has 2 aliphatic carbocycles. The number of hydrogen-bond donors (Lipinski definition) is 1. The molecule has 5 nitrogen and oxygen atoms in total. The fourth-order valence-corrected chi connectivity index (χ4v) is 4.33. The van der Waals surface area contributed by atoms with E-state index in [0.29, 0.717) is 34.4 Å². The molecule has 1 amide bonds. The minimum absolute atomic E-state index is 0.0360. The van der Waals surface area contributed by atoms with E-state index in [-0.39, 0.29) is 17.8 Å². The van der Waals surface area contributed by atoms with Gasteiger partial charge in [-0.05, 0) is 44.7 Å². The van der Waals surface area contributed by atoms with Crippen LogP contribution in [-0.4, -0.2) is 23.8 Å². The van der Waals surface area contributed by atoms with Gasteiger partial charge < -0.3 is 10.1 Å². The summed E-state index contributed by atoms with van der Waals surface area (Å²) in [6.45, 7) is 1.51. The Labute approximate surface area is 162 Å². The topological polar surface area (TPSA) is 72.5 Å². The van der Waals surface area contributed by atoms with Crippen molar-refractivity contribution in [2.75, 3.05) is 5.32 Å². The lowest BCUT2D eigenvalue weighted by molar-refractivity contribution is -0.161. The second-order valence-electron chi connectivity index (χ2n) is 7.06. The van der Waals surface area contributed by atoms with Crippen LogP contribution in [-0.2, 0) is 19.1 Å². The second-order valence-corrected chi connectivity index (χ2v) is 7.87. The number of hydrogen-bond acceptors (Lipinski definition) is 4. The van der Waals surface area contributed by atoms with Crippen molar-refractivity contribution in [3.63, 3.8) is 0 Å². The lowest BCUT2D eigenvalue weighted by Gasteiger charge is -2.36. The molecule has 1 aromatic rings. The van der Waals surface area contributed by atoms with E-state index in [0.717, 1.165) is 19.3 Å². The number of ketones is 1. The number of carbonyl (C=O) groups excluding carboxylic acids is 3. The van der Waals surface area contributed by atoms with Gasteiger partial charge in [0.25, 0.3) is 5.91 Å². The van der Waals surface area contributed by atoms with Crippen LogP contribution in [0.3, 0.4) is 0 Å². The lowest BCUT2D eigenvalue weighted by Crippen LogP contribution is -2.41. The molecule has 4 atom stereocenters. The van der Waals surface area contributed by atoms with Gasteiger partial charge in [-0.2, -0.15) is 0 Å². The van der Waals surface area contributed by atoms with Crippen LogP contribution in [0.4, 0.5) is 5.69 Å². The molecule has 0 spiro atoms. The number of anilines is 1. The number of carbonyl (C=O) groups is 3. The molecule has 1 aromatic carbocycles. The number of rotatable bonds is 4. The Morgan fingerprint density at radius 1 is 1.15 bits per heavy atom. The zero-order valence-electron chi connectivity index (χ0n) is 14.5. The summed E-state index contributed by atoms with van der Waals surface area (Å²) in [7, 11) is 0. The Hall–Kier alpha value is -1.59. The number of amides is 1. The van der Waals surface area contributed by atoms with Crippen LogP contribution >= 0.6 is 23.2 Å². The molecule has 2 fully saturated rings. The fourth-order valence-electron chi connectivity index (χ4n) is 3.84. The molecule has 0 aromatic heterocycles. The third-order valence-electron chi connectivity index (χ3n) is 5.25. The number of benzene rings is 1. The second kappa shape index (κ2) is 7.97. The predicted molar refractivity (Wildman–Crippen MR) is 99.2 cm³/mol. The first-order valence-corrected chi connectivity index (χ1v) is 9.61. The predicted octanol–water partition coefficient (Wildman–Crippen LogP) is 4.26. The van der Waals surface area contributed by atoms with Crippen molar-refractivity contribution >= 4 is 46.5 Å². The van der Waals surface area contributed by atoms with Crippen LogP contribution in [0.15, 0.2) is 18.2 Å². The van der Waals surface area contributed by atoms with E-state index in [4.69, 9.17) is 27.9 Å². The minimum Gasteiger partial charge on any atom is -0.452 e. The Bertz CT molecular complexity index is 700. The van der Waals surface area contributed by atoms with Crippen molar-refractivity contribution in [2.45, 2.75) is 45.1 Å². The summed E-state index contributed by atoms with van der Waals surface area (Å²) in [5.41, 5.74) is 0.293. The first-order valence-electron chi connectivity index (χ1n) is 8.86. The third kappa shape index (κ3) is 4.04. The first kappa shape index (κ1) is 19.2. The molecule has 1 unspecified atom stereocenters. The smallest absolute Gasteiger partial charge is 0.309 e. The summed E-state index contributed by atoms with van der Waals surface area (Å²) in [4.78, 5) is 36.9. The first-order chi connectivity index (χ1) is 12.4. The highest BCUT2D eigenvalue weighted by atomic mass is 35.5. The summed E-state index contributed by atoms with van der Waals surface area (Å²) >= 11 is 12.1. The molecule has 26 heavy (non-hydrogen) atoms. The standard InChI is InChI=1S/C19H21Cl2NO4/c1-10(18(24)22-16-14(20)6-3-7-15(16)21)26-19(25)13-8-11-4-2-5-12(9-13)17(11)23/h3,6-7,10-13H,2,4-5,8-9H2,1H3,(H,22,24)/t10-,11-,12+,13?/m1/s1. The molecule has 2 saturated carbocycles. The number of nitrogens with one attached hydrogen (secondary N) is 1. The monoisotopic (exact) mass is 397 g/mol. The van der Waals surface area contributed by atoms with Gasteiger partial charge in [-0.25, -0.2) is 0 Å². The van der Waals surface area contributed by atoms with Gasteiger partial charge >= 0.3 is 5.97 Å². The van der Waals surface area contributed by atoms with Crippen molar-refractivity contribution in [3.8, 4) is 0 Å². The van der Waals surface area contributed by atoms with E-state index in [1.807, 2.05) is 0 Å². The normalized spacial score (nSPS) is 26.1. The highest BCUT2D eigenvalue weighted by Crippen LogP contribution is 2.40. The Morgan fingerprint density at radius 2 is 1.73 bits per heavy atom. The maximum Gasteiger partial charge on any atom is 0.309 e. The zero-order chi connectivity index (χ0) is 18.8. The van der Waals surface area contributed by atoms with Gasteiger partial charge in [0, 0.05) is 11.8 Å². The molecule has 2 bridgehead atoms. The summed E-state index contributed by atoms with van der Waals surface area (Å²) < 4.78 is 5.36. The number of fused-ring (bicyclic) bond motifs is 2. The van der Waals surface area contributed by atoms with Crippen LogP contribution in [0.5, 0.6) is 0 Å². The molecule has 1 N–H and O–H groups in total. The highest BCUT2D eigenvalue weighted by Gasteiger charge is 2.42. The van der Waals surface area contributed by atoms with E-state index in [1.54, 1.807) is 18.2 Å². The molecular weight excluding hydrogens is 377 g/mol. The molecule has 3 rings (SSSR count). The number of halogens is 2. The average Bonchev–Trinajstić information content (AvgIpc) is 2.57. The molecule has 0 aliphatic heterocycles. The van der Waals surface area contributed by atoms with E-state index < -0.39 is 18.0 Å². The largest absolute Gasteiger partial charge is 0.452 e. The Balaban J connectivity index is 1.59. The number of esters is 1. The SMILES string of the molecule is C[C@@H](OC(=O)C1C[C@H]2CCC[C@@H](C1)C2=O)C(=O)Nc1c(Cl)cccc1Cl. The van der Waals surface area contributed by atoms with Crippen molar-refractivity contribution in [1.29, 1.82) is 0 Å². The minimum atomic E-state index is -0.979. The summed E-state index contributed by atoms with van der Waals surface area (Å²) in [5.74, 6) is -1.01. The fraction of sp³-hybridized carbons (Fsp3) is 0.526. The third-order valence-corrected chi connectivity index (χ3v) is 5.88. The summed E-state index contributed by atoms with van der Waals surface area (Å²) in [5, 5.41) is 3.22. The van der Waals surface area contributed by atoms with Gasteiger partial charge in [-0.15, -0.1) is 0 Å². The van der Waals surface area contributed by atoms with Crippen molar-refractivity contribution < 1.29 is 19.1 Å². The molecule has 0 heterocycles. The lowest BCUT2D eigenvalue weighted by atomic mass is 9.67. The van der Waals surface area contributed by atoms with Crippen molar-refractivity contribution in [2.24, 2.45) is 17.8 Å². The Kier molecular flexibility index (Phi) is 5.88. The van der Waals surface area contributed by atoms with Crippen molar-refractivity contribution in [1.82, 2.24) is 0 Å². The van der Waals surface area contributed by atoms with Gasteiger partial charge in [0.1, 0.15) is 5.78 Å². The van der Waals surface area contributed by atoms with Crippen LogP contribution in [0, 0.1) is 17.8 Å². The van der Waals surface area contributed by atoms with Crippen LogP contribution in [0.25, 0.3) is 0 Å². The van der Waals surface area contributed by atoms with Crippen LogP contribution < -0.4 is 5.32 Å². The Morgan fingerprint density at radius 3 is 2.31 bits per heavy atom. The molecule has 0 radical (unpaired) electrons. The quantitative estimate of drug-likeness (QED) is 0.770. The van der Waals surface area contributed by atoms with E-state index >= 15 is 0 Å². The van der Waals surface area contributed by atoms with Gasteiger partial charge in [0.15, 0.2) is 6.10 Å². The maximum absolute atomic E-state index is 12.5.